The minimum Gasteiger partial charge on any atom is -0.494 e. The number of carbonyl (C=O) groups is 1. The lowest BCUT2D eigenvalue weighted by Crippen LogP contribution is -2.41. The molecule has 0 spiro atoms. The van der Waals surface area contributed by atoms with Crippen LogP contribution >= 0.6 is 0 Å². The van der Waals surface area contributed by atoms with Gasteiger partial charge in [0.15, 0.2) is 0 Å². The van der Waals surface area contributed by atoms with Gasteiger partial charge in [-0.1, -0.05) is 26.2 Å². The number of urea groups is 1. The first kappa shape index (κ1) is 20.8. The van der Waals surface area contributed by atoms with Gasteiger partial charge in [0.05, 0.1) is 18.8 Å². The van der Waals surface area contributed by atoms with Crippen molar-refractivity contribution in [2.75, 3.05) is 11.9 Å². The zero-order valence-corrected chi connectivity index (χ0v) is 18.3. The number of nitrogens with zero attached hydrogens (tertiary/aromatic N) is 3. The van der Waals surface area contributed by atoms with Crippen LogP contribution in [0.1, 0.15) is 68.8 Å². The lowest BCUT2D eigenvalue weighted by atomic mass is 10.1. The van der Waals surface area contributed by atoms with Crippen LogP contribution in [0.4, 0.5) is 10.5 Å². The summed E-state index contributed by atoms with van der Waals surface area (Å²) >= 11 is 0. The molecule has 2 aliphatic rings. The molecule has 0 radical (unpaired) electrons. The molecule has 0 bridgehead atoms. The highest BCUT2D eigenvalue weighted by Crippen LogP contribution is 2.30. The Morgan fingerprint density at radius 1 is 1.20 bits per heavy atom. The molecule has 162 valence electrons. The van der Waals surface area contributed by atoms with Crippen LogP contribution in [0.25, 0.3) is 0 Å². The number of anilines is 1. The quantitative estimate of drug-likeness (QED) is 0.619. The summed E-state index contributed by atoms with van der Waals surface area (Å²) in [4.78, 5) is 15.3. The van der Waals surface area contributed by atoms with E-state index in [1.165, 1.54) is 30.5 Å². The zero-order valence-electron chi connectivity index (χ0n) is 18.3. The molecule has 0 saturated heterocycles. The monoisotopic (exact) mass is 410 g/mol. The van der Waals surface area contributed by atoms with Gasteiger partial charge in [-0.2, -0.15) is 5.10 Å². The van der Waals surface area contributed by atoms with Crippen LogP contribution in [0, 0.1) is 0 Å². The predicted molar refractivity (Wildman–Crippen MR) is 119 cm³/mol. The van der Waals surface area contributed by atoms with Gasteiger partial charge < -0.3 is 15.0 Å². The highest BCUT2D eigenvalue weighted by molar-refractivity contribution is 5.89. The number of nitrogens with one attached hydrogen (secondary N) is 1. The number of carbonyl (C=O) groups excluding carboxylic acids is 1. The SMILES string of the molecule is CCCCOc1ccc(NC(=O)N(Cc2nn(C)c3c2CCC3)C2CCCC2)cc1. The summed E-state index contributed by atoms with van der Waals surface area (Å²) in [5.41, 5.74) is 4.58. The average molecular weight is 411 g/mol. The van der Waals surface area contributed by atoms with Gasteiger partial charge in [0.25, 0.3) is 0 Å². The second-order valence-electron chi connectivity index (χ2n) is 8.57. The maximum atomic E-state index is 13.3. The first-order valence-electron chi connectivity index (χ1n) is 11.5. The van der Waals surface area contributed by atoms with E-state index < -0.39 is 0 Å². The standard InChI is InChI=1S/C24H34N4O2/c1-3-4-16-30-20-14-12-18(13-15-20)25-24(29)28(19-8-5-6-9-19)17-22-21-10-7-11-23(21)27(2)26-22/h12-15,19H,3-11,16-17H2,1-2H3,(H,25,29). The molecule has 1 heterocycles. The minimum absolute atomic E-state index is 0.0287. The maximum Gasteiger partial charge on any atom is 0.322 e. The smallest absolute Gasteiger partial charge is 0.322 e. The van der Waals surface area contributed by atoms with E-state index in [1.807, 2.05) is 40.9 Å². The fraction of sp³-hybridized carbons (Fsp3) is 0.583. The number of rotatable bonds is 8. The Balaban J connectivity index is 1.45. The zero-order chi connectivity index (χ0) is 20.9. The lowest BCUT2D eigenvalue weighted by Gasteiger charge is -2.29. The molecule has 4 rings (SSSR count). The summed E-state index contributed by atoms with van der Waals surface area (Å²) in [6, 6.07) is 7.96. The van der Waals surface area contributed by atoms with E-state index in [0.29, 0.717) is 12.6 Å². The second-order valence-corrected chi connectivity index (χ2v) is 8.57. The van der Waals surface area contributed by atoms with Crippen LogP contribution in [0.2, 0.25) is 0 Å². The lowest BCUT2D eigenvalue weighted by molar-refractivity contribution is 0.183. The van der Waals surface area contributed by atoms with Crippen molar-refractivity contribution in [3.05, 3.63) is 41.2 Å². The van der Waals surface area contributed by atoms with Gasteiger partial charge in [-0.3, -0.25) is 4.68 Å². The van der Waals surface area contributed by atoms with Crippen molar-refractivity contribution in [1.82, 2.24) is 14.7 Å². The Hall–Kier alpha value is -2.50. The molecular weight excluding hydrogens is 376 g/mol. The molecule has 1 N–H and O–H groups in total. The van der Waals surface area contributed by atoms with Gasteiger partial charge in [-0.05, 0) is 68.4 Å². The van der Waals surface area contributed by atoms with E-state index in [2.05, 4.69) is 12.2 Å². The Labute approximate surface area is 179 Å². The first-order chi connectivity index (χ1) is 14.7. The van der Waals surface area contributed by atoms with Crippen LogP contribution < -0.4 is 10.1 Å². The molecule has 30 heavy (non-hydrogen) atoms. The van der Waals surface area contributed by atoms with Crippen LogP contribution in [-0.2, 0) is 26.4 Å². The van der Waals surface area contributed by atoms with E-state index >= 15 is 0 Å². The number of ether oxygens (including phenoxy) is 1. The normalized spacial score (nSPS) is 15.9. The largest absolute Gasteiger partial charge is 0.494 e. The van der Waals surface area contributed by atoms with E-state index in [0.717, 1.165) is 62.3 Å². The van der Waals surface area contributed by atoms with Crippen molar-refractivity contribution >= 4 is 11.7 Å². The number of benzene rings is 1. The molecule has 6 heteroatoms. The van der Waals surface area contributed by atoms with Gasteiger partial charge in [-0.25, -0.2) is 4.79 Å². The topological polar surface area (TPSA) is 59.4 Å². The highest BCUT2D eigenvalue weighted by atomic mass is 16.5. The summed E-state index contributed by atoms with van der Waals surface area (Å²) in [7, 11) is 2.03. The number of fused-ring (bicyclic) bond motifs is 1. The van der Waals surface area contributed by atoms with E-state index in [-0.39, 0.29) is 6.03 Å². The first-order valence-corrected chi connectivity index (χ1v) is 11.5. The summed E-state index contributed by atoms with van der Waals surface area (Å²) in [5.74, 6) is 0.846. The number of aryl methyl sites for hydroxylation is 1. The van der Waals surface area contributed by atoms with Gasteiger partial charge in [0, 0.05) is 24.5 Å². The Morgan fingerprint density at radius 3 is 2.70 bits per heavy atom. The highest BCUT2D eigenvalue weighted by Gasteiger charge is 2.30. The summed E-state index contributed by atoms with van der Waals surface area (Å²) in [6.07, 6.45) is 10.1. The molecular formula is C24H34N4O2. The third-order valence-electron chi connectivity index (χ3n) is 6.42. The van der Waals surface area contributed by atoms with Crippen molar-refractivity contribution < 1.29 is 9.53 Å². The third kappa shape index (κ3) is 4.63. The summed E-state index contributed by atoms with van der Waals surface area (Å²) in [5, 5.41) is 7.86. The molecule has 0 atom stereocenters. The fourth-order valence-electron chi connectivity index (χ4n) is 4.73. The third-order valence-corrected chi connectivity index (χ3v) is 6.42. The molecule has 6 nitrogen and oxygen atoms in total. The molecule has 1 aromatic heterocycles. The van der Waals surface area contributed by atoms with Gasteiger partial charge in [-0.15, -0.1) is 0 Å². The Bertz CT molecular complexity index is 853. The molecule has 1 saturated carbocycles. The number of amides is 2. The molecule has 2 aromatic rings. The van der Waals surface area contributed by atoms with Crippen LogP contribution in [0.3, 0.4) is 0 Å². The molecule has 0 unspecified atom stereocenters. The van der Waals surface area contributed by atoms with Crippen molar-refractivity contribution in [1.29, 1.82) is 0 Å². The molecule has 1 fully saturated rings. The van der Waals surface area contributed by atoms with Crippen molar-refractivity contribution in [2.45, 2.75) is 77.3 Å². The number of hydrogen-bond donors (Lipinski definition) is 1. The second kappa shape index (κ2) is 9.54. The number of hydrogen-bond acceptors (Lipinski definition) is 3. The van der Waals surface area contributed by atoms with E-state index in [4.69, 9.17) is 9.84 Å². The van der Waals surface area contributed by atoms with Crippen molar-refractivity contribution in [2.24, 2.45) is 7.05 Å². The van der Waals surface area contributed by atoms with Crippen LogP contribution in [0.5, 0.6) is 5.75 Å². The summed E-state index contributed by atoms with van der Waals surface area (Å²) < 4.78 is 7.74. The molecule has 2 aliphatic carbocycles. The van der Waals surface area contributed by atoms with E-state index in [9.17, 15) is 4.79 Å². The Kier molecular flexibility index (Phi) is 6.60. The van der Waals surface area contributed by atoms with Gasteiger partial charge in [0.1, 0.15) is 5.75 Å². The average Bonchev–Trinajstić information content (AvgIpc) is 3.48. The fourth-order valence-corrected chi connectivity index (χ4v) is 4.73. The van der Waals surface area contributed by atoms with Crippen LogP contribution in [-0.4, -0.2) is 33.4 Å². The molecule has 1 aromatic carbocycles. The molecule has 0 aliphatic heterocycles. The van der Waals surface area contributed by atoms with Crippen molar-refractivity contribution in [3.63, 3.8) is 0 Å². The number of aromatic nitrogens is 2. The van der Waals surface area contributed by atoms with E-state index in [1.54, 1.807) is 0 Å². The number of unbranched alkanes of at least 4 members (excludes halogenated alkanes) is 1. The van der Waals surface area contributed by atoms with Crippen LogP contribution in [0.15, 0.2) is 24.3 Å². The van der Waals surface area contributed by atoms with Gasteiger partial charge >= 0.3 is 6.03 Å². The Morgan fingerprint density at radius 2 is 1.97 bits per heavy atom. The maximum absolute atomic E-state index is 13.3. The predicted octanol–water partition coefficient (Wildman–Crippen LogP) is 5.06. The van der Waals surface area contributed by atoms with Gasteiger partial charge in [0.2, 0.25) is 0 Å². The summed E-state index contributed by atoms with van der Waals surface area (Å²) in [6.45, 7) is 3.47. The van der Waals surface area contributed by atoms with Crippen molar-refractivity contribution in [3.8, 4) is 5.75 Å². The minimum atomic E-state index is -0.0287. The molecule has 2 amide bonds.